The predicted octanol–water partition coefficient (Wildman–Crippen LogP) is -0.419. The summed E-state index contributed by atoms with van der Waals surface area (Å²) in [7, 11) is 0. The molecule has 2 saturated heterocycles. The van der Waals surface area contributed by atoms with E-state index >= 15 is 0 Å². The fourth-order valence-electron chi connectivity index (χ4n) is 1.02. The number of hydrogen-bond donors (Lipinski definition) is 0. The van der Waals surface area contributed by atoms with Gasteiger partial charge < -0.3 is 21.9 Å². The van der Waals surface area contributed by atoms with Crippen LogP contribution >= 0.6 is 0 Å². The van der Waals surface area contributed by atoms with E-state index in [1.165, 1.54) is 25.7 Å². The number of hydrogen-bond acceptors (Lipinski definition) is 2. The normalized spacial score (nSPS) is 18.5. The Morgan fingerprint density at radius 2 is 1.00 bits per heavy atom. The summed E-state index contributed by atoms with van der Waals surface area (Å²) >= 11 is 2.00. The van der Waals surface area contributed by atoms with Crippen molar-refractivity contribution in [1.29, 1.82) is 0 Å². The van der Waals surface area contributed by atoms with Gasteiger partial charge in [-0.25, -0.2) is 0 Å². The van der Waals surface area contributed by atoms with E-state index in [-0.39, 0.29) is 12.4 Å². The van der Waals surface area contributed by atoms with Crippen LogP contribution in [-0.2, 0) is 9.47 Å². The zero-order chi connectivity index (χ0) is 10.6. The Bertz CT molecular complexity index is 76.8. The van der Waals surface area contributed by atoms with E-state index in [2.05, 4.69) is 13.8 Å². The number of halogens is 1. The summed E-state index contributed by atoms with van der Waals surface area (Å²) in [4.78, 5) is 0. The molecular formula is C11H23ClMgO2. The first kappa shape index (κ1) is 18.3. The van der Waals surface area contributed by atoms with Gasteiger partial charge in [-0.05, 0) is 25.7 Å². The molecule has 2 fully saturated rings. The summed E-state index contributed by atoms with van der Waals surface area (Å²) in [5.41, 5.74) is 0. The smallest absolute Gasteiger partial charge is 1.00 e. The van der Waals surface area contributed by atoms with Crippen LogP contribution in [0.5, 0.6) is 0 Å². The third kappa shape index (κ3) is 20.9. The van der Waals surface area contributed by atoms with Crippen molar-refractivity contribution < 1.29 is 21.9 Å². The average molecular weight is 247 g/mol. The summed E-state index contributed by atoms with van der Waals surface area (Å²) in [6.45, 7) is 8.36. The molecule has 2 rings (SSSR count). The van der Waals surface area contributed by atoms with E-state index in [1.807, 2.05) is 21.7 Å². The molecule has 0 radical (unpaired) electrons. The Balaban J connectivity index is 0. The van der Waals surface area contributed by atoms with Gasteiger partial charge in [0.05, 0.1) is 0 Å². The molecule has 0 amide bonds. The Kier molecular flexibility index (Phi) is 18.3. The van der Waals surface area contributed by atoms with Crippen LogP contribution in [0.25, 0.3) is 0 Å². The number of ether oxygens (including phenoxy) is 2. The van der Waals surface area contributed by atoms with Crippen LogP contribution in [0, 0.1) is 0 Å². The van der Waals surface area contributed by atoms with E-state index < -0.39 is 0 Å². The molecule has 2 heterocycles. The molecule has 0 aromatic carbocycles. The quantitative estimate of drug-likeness (QED) is 0.541. The van der Waals surface area contributed by atoms with Gasteiger partial charge in [0, 0.05) is 26.4 Å². The summed E-state index contributed by atoms with van der Waals surface area (Å²) in [6, 6.07) is 0. The standard InChI is InChI=1S/2C4H8O.C3H7.ClH.Mg/c2*1-2-4-5-3-1;1-3-2;;/h2*1-4H2;3H,1-2H3;1H;/q;;;;+1/p-1. The van der Waals surface area contributed by atoms with E-state index in [0.717, 1.165) is 30.5 Å². The van der Waals surface area contributed by atoms with Gasteiger partial charge in [0.2, 0.25) is 0 Å². The first-order valence-corrected chi connectivity index (χ1v) is 6.53. The zero-order valence-corrected chi connectivity index (χ0v) is 12.3. The third-order valence-electron chi connectivity index (χ3n) is 1.65. The van der Waals surface area contributed by atoms with Crippen molar-refractivity contribution >= 4 is 21.7 Å². The van der Waals surface area contributed by atoms with Crippen molar-refractivity contribution in [2.75, 3.05) is 26.4 Å². The van der Waals surface area contributed by atoms with Gasteiger partial charge in [0.1, 0.15) is 0 Å². The fraction of sp³-hybridized carbons (Fsp3) is 1.00. The molecule has 0 N–H and O–H groups in total. The molecule has 2 aliphatic rings. The maximum absolute atomic E-state index is 4.94. The molecule has 2 nitrogen and oxygen atoms in total. The largest absolute Gasteiger partial charge is 1.00 e. The van der Waals surface area contributed by atoms with E-state index in [4.69, 9.17) is 9.47 Å². The molecular weight excluding hydrogens is 224 g/mol. The maximum Gasteiger partial charge on any atom is -1.00 e. The third-order valence-corrected chi connectivity index (χ3v) is 1.65. The van der Waals surface area contributed by atoms with Crippen molar-refractivity contribution in [1.82, 2.24) is 0 Å². The first-order chi connectivity index (χ1) is 6.73. The summed E-state index contributed by atoms with van der Waals surface area (Å²) in [5, 5.41) is 0. The second kappa shape index (κ2) is 15.0. The van der Waals surface area contributed by atoms with Crippen LogP contribution in [0.3, 0.4) is 0 Å². The monoisotopic (exact) mass is 246 g/mol. The van der Waals surface area contributed by atoms with Crippen LogP contribution in [0.15, 0.2) is 0 Å². The number of rotatable bonds is 0. The summed E-state index contributed by atoms with van der Waals surface area (Å²) < 4.78 is 10.8. The summed E-state index contributed by atoms with van der Waals surface area (Å²) in [5.74, 6) is 0. The fourth-order valence-corrected chi connectivity index (χ4v) is 1.02. The molecule has 2 aliphatic heterocycles. The van der Waals surface area contributed by atoms with Gasteiger partial charge in [-0.2, -0.15) is 0 Å². The van der Waals surface area contributed by atoms with Crippen molar-refractivity contribution in [2.45, 2.75) is 43.6 Å². The molecule has 15 heavy (non-hydrogen) atoms. The molecule has 0 aromatic heterocycles. The molecule has 0 spiro atoms. The van der Waals surface area contributed by atoms with Gasteiger partial charge in [0.15, 0.2) is 0 Å². The minimum Gasteiger partial charge on any atom is -1.00 e. The Hall–Kier alpha value is 0.976. The molecule has 0 bridgehead atoms. The van der Waals surface area contributed by atoms with Crippen molar-refractivity contribution in [3.8, 4) is 0 Å². The van der Waals surface area contributed by atoms with Crippen molar-refractivity contribution in [3.63, 3.8) is 0 Å². The van der Waals surface area contributed by atoms with Crippen LogP contribution < -0.4 is 12.4 Å². The maximum atomic E-state index is 4.94. The Morgan fingerprint density at radius 3 is 1.07 bits per heavy atom. The minimum absolute atomic E-state index is 0. The van der Waals surface area contributed by atoms with Crippen molar-refractivity contribution in [2.24, 2.45) is 0 Å². The van der Waals surface area contributed by atoms with E-state index in [0.29, 0.717) is 0 Å². The van der Waals surface area contributed by atoms with Crippen LogP contribution in [0.2, 0.25) is 4.05 Å². The van der Waals surface area contributed by atoms with Gasteiger partial charge >= 0.3 is 39.6 Å². The molecule has 0 atom stereocenters. The van der Waals surface area contributed by atoms with Gasteiger partial charge in [-0.3, -0.25) is 0 Å². The molecule has 0 aliphatic carbocycles. The average Bonchev–Trinajstić information content (AvgIpc) is 2.83. The molecule has 0 saturated carbocycles. The molecule has 88 valence electrons. The molecule has 0 aromatic rings. The Morgan fingerprint density at radius 1 is 0.800 bits per heavy atom. The SMILES string of the molecule is C1CCOC1.C1CCOC1.C[CH](C)[Mg+].[Cl-]. The van der Waals surface area contributed by atoms with Gasteiger partial charge in [-0.1, -0.05) is 0 Å². The van der Waals surface area contributed by atoms with Crippen LogP contribution in [0.4, 0.5) is 0 Å². The molecule has 0 unspecified atom stereocenters. The summed E-state index contributed by atoms with van der Waals surface area (Å²) in [6.07, 6.45) is 5.11. The van der Waals surface area contributed by atoms with Gasteiger partial charge in [0.25, 0.3) is 0 Å². The first-order valence-electron chi connectivity index (χ1n) is 5.72. The van der Waals surface area contributed by atoms with Crippen molar-refractivity contribution in [3.05, 3.63) is 0 Å². The second-order valence-corrected chi connectivity index (χ2v) is 5.67. The van der Waals surface area contributed by atoms with Gasteiger partial charge in [-0.15, -0.1) is 0 Å². The minimum atomic E-state index is 0. The predicted molar refractivity (Wildman–Crippen MR) is 61.0 cm³/mol. The van der Waals surface area contributed by atoms with Crippen LogP contribution in [0.1, 0.15) is 39.5 Å². The molecule has 4 heteroatoms. The van der Waals surface area contributed by atoms with Crippen LogP contribution in [-0.4, -0.2) is 48.1 Å². The second-order valence-electron chi connectivity index (χ2n) is 4.03. The van der Waals surface area contributed by atoms with E-state index in [9.17, 15) is 0 Å². The zero-order valence-electron chi connectivity index (χ0n) is 10.1. The topological polar surface area (TPSA) is 18.5 Å². The Labute approximate surface area is 113 Å². The van der Waals surface area contributed by atoms with E-state index in [1.54, 1.807) is 0 Å².